The van der Waals surface area contributed by atoms with Crippen LogP contribution in [0.15, 0.2) is 18.2 Å². The second-order valence-corrected chi connectivity index (χ2v) is 4.47. The van der Waals surface area contributed by atoms with E-state index in [4.69, 9.17) is 10.5 Å². The standard InChI is InChI=1S/C14H21N3O3/c1-5-17(3)14(19)9(2)16-13(18)10-7-6-8-11(20-4)12(10)15/h6-9H,5,15H2,1-4H3,(H,16,18). The maximum absolute atomic E-state index is 12.1. The maximum atomic E-state index is 12.1. The van der Waals surface area contributed by atoms with Crippen LogP contribution in [0, 0.1) is 0 Å². The number of amides is 2. The van der Waals surface area contributed by atoms with Gasteiger partial charge in [-0.05, 0) is 26.0 Å². The summed E-state index contributed by atoms with van der Waals surface area (Å²) in [6, 6.07) is 4.33. The first-order valence-electron chi connectivity index (χ1n) is 6.40. The van der Waals surface area contributed by atoms with Gasteiger partial charge in [0.1, 0.15) is 11.8 Å². The molecule has 6 heteroatoms. The fraction of sp³-hybridized carbons (Fsp3) is 0.429. The van der Waals surface area contributed by atoms with E-state index in [-0.39, 0.29) is 11.6 Å². The first kappa shape index (κ1) is 15.8. The molecular formula is C14H21N3O3. The van der Waals surface area contributed by atoms with Crippen LogP contribution in [-0.2, 0) is 4.79 Å². The highest BCUT2D eigenvalue weighted by Gasteiger charge is 2.21. The lowest BCUT2D eigenvalue weighted by Crippen LogP contribution is -2.45. The molecule has 0 fully saturated rings. The van der Waals surface area contributed by atoms with Gasteiger partial charge in [0, 0.05) is 13.6 Å². The second-order valence-electron chi connectivity index (χ2n) is 4.47. The number of rotatable bonds is 5. The van der Waals surface area contributed by atoms with Gasteiger partial charge in [-0.3, -0.25) is 9.59 Å². The molecule has 1 rings (SSSR count). The van der Waals surface area contributed by atoms with E-state index >= 15 is 0 Å². The third kappa shape index (κ3) is 3.40. The van der Waals surface area contributed by atoms with Crippen molar-refractivity contribution in [3.8, 4) is 5.75 Å². The van der Waals surface area contributed by atoms with Gasteiger partial charge >= 0.3 is 0 Å². The van der Waals surface area contributed by atoms with Crippen LogP contribution in [0.25, 0.3) is 0 Å². The summed E-state index contributed by atoms with van der Waals surface area (Å²) in [6.07, 6.45) is 0. The highest BCUT2D eigenvalue weighted by Crippen LogP contribution is 2.24. The van der Waals surface area contributed by atoms with Crippen molar-refractivity contribution in [2.24, 2.45) is 0 Å². The van der Waals surface area contributed by atoms with Gasteiger partial charge in [0.05, 0.1) is 18.4 Å². The molecule has 0 saturated heterocycles. The molecule has 2 amide bonds. The average molecular weight is 279 g/mol. The van der Waals surface area contributed by atoms with Crippen LogP contribution in [0.1, 0.15) is 24.2 Å². The Balaban J connectivity index is 2.84. The van der Waals surface area contributed by atoms with E-state index in [2.05, 4.69) is 5.32 Å². The summed E-state index contributed by atoms with van der Waals surface area (Å²) < 4.78 is 5.06. The van der Waals surface area contributed by atoms with Gasteiger partial charge < -0.3 is 20.7 Å². The van der Waals surface area contributed by atoms with Gasteiger partial charge in [0.15, 0.2) is 0 Å². The number of benzene rings is 1. The fourth-order valence-corrected chi connectivity index (χ4v) is 1.74. The summed E-state index contributed by atoms with van der Waals surface area (Å²) in [6.45, 7) is 4.09. The predicted molar refractivity (Wildman–Crippen MR) is 77.6 cm³/mol. The number of nitrogens with zero attached hydrogens (tertiary/aromatic N) is 1. The van der Waals surface area contributed by atoms with Gasteiger partial charge in [0.2, 0.25) is 5.91 Å². The Hall–Kier alpha value is -2.24. The third-order valence-electron chi connectivity index (χ3n) is 3.10. The molecule has 0 radical (unpaired) electrons. The zero-order valence-electron chi connectivity index (χ0n) is 12.3. The Bertz CT molecular complexity index is 502. The van der Waals surface area contributed by atoms with Crippen LogP contribution in [0.4, 0.5) is 5.69 Å². The van der Waals surface area contributed by atoms with Gasteiger partial charge in [0.25, 0.3) is 5.91 Å². The van der Waals surface area contributed by atoms with E-state index < -0.39 is 11.9 Å². The van der Waals surface area contributed by atoms with Crippen LogP contribution in [0.3, 0.4) is 0 Å². The number of carbonyl (C=O) groups is 2. The summed E-state index contributed by atoms with van der Waals surface area (Å²) in [7, 11) is 3.17. The minimum absolute atomic E-state index is 0.151. The van der Waals surface area contributed by atoms with E-state index in [1.807, 2.05) is 6.92 Å². The average Bonchev–Trinajstić information content (AvgIpc) is 2.45. The van der Waals surface area contributed by atoms with Crippen molar-refractivity contribution in [3.63, 3.8) is 0 Å². The number of nitrogen functional groups attached to an aromatic ring is 1. The predicted octanol–water partition coefficient (Wildman–Crippen LogP) is 0.874. The van der Waals surface area contributed by atoms with Crippen molar-refractivity contribution < 1.29 is 14.3 Å². The zero-order chi connectivity index (χ0) is 15.3. The lowest BCUT2D eigenvalue weighted by atomic mass is 10.1. The Morgan fingerprint density at radius 2 is 2.10 bits per heavy atom. The minimum Gasteiger partial charge on any atom is -0.495 e. The number of para-hydroxylation sites is 1. The van der Waals surface area contributed by atoms with Gasteiger partial charge in [-0.25, -0.2) is 0 Å². The largest absolute Gasteiger partial charge is 0.495 e. The van der Waals surface area contributed by atoms with E-state index in [0.717, 1.165) is 0 Å². The summed E-state index contributed by atoms with van der Waals surface area (Å²) in [4.78, 5) is 25.6. The van der Waals surface area contributed by atoms with Crippen molar-refractivity contribution in [1.82, 2.24) is 10.2 Å². The Morgan fingerprint density at radius 1 is 1.45 bits per heavy atom. The highest BCUT2D eigenvalue weighted by atomic mass is 16.5. The first-order chi connectivity index (χ1) is 9.42. The highest BCUT2D eigenvalue weighted by molar-refractivity contribution is 6.02. The van der Waals surface area contributed by atoms with Crippen molar-refractivity contribution in [2.45, 2.75) is 19.9 Å². The number of hydrogen-bond donors (Lipinski definition) is 2. The topological polar surface area (TPSA) is 84.7 Å². The molecule has 1 atom stereocenters. The number of nitrogens with one attached hydrogen (secondary N) is 1. The molecular weight excluding hydrogens is 258 g/mol. The minimum atomic E-state index is -0.613. The van der Waals surface area contributed by atoms with Crippen molar-refractivity contribution >= 4 is 17.5 Å². The molecule has 0 saturated carbocycles. The van der Waals surface area contributed by atoms with Crippen LogP contribution in [0.2, 0.25) is 0 Å². The molecule has 1 aromatic carbocycles. The molecule has 0 heterocycles. The van der Waals surface area contributed by atoms with Crippen LogP contribution in [0.5, 0.6) is 5.75 Å². The van der Waals surface area contributed by atoms with Crippen LogP contribution < -0.4 is 15.8 Å². The van der Waals surface area contributed by atoms with Crippen LogP contribution in [-0.4, -0.2) is 43.5 Å². The Morgan fingerprint density at radius 3 is 2.65 bits per heavy atom. The van der Waals surface area contributed by atoms with E-state index in [1.165, 1.54) is 7.11 Å². The number of nitrogens with two attached hydrogens (primary N) is 1. The molecule has 0 aliphatic rings. The monoisotopic (exact) mass is 279 g/mol. The Kier molecular flexibility index (Phi) is 5.37. The second kappa shape index (κ2) is 6.79. The van der Waals surface area contributed by atoms with Crippen molar-refractivity contribution in [2.75, 3.05) is 26.4 Å². The third-order valence-corrected chi connectivity index (χ3v) is 3.10. The summed E-state index contributed by atoms with van der Waals surface area (Å²) in [5, 5.41) is 2.64. The first-order valence-corrected chi connectivity index (χ1v) is 6.40. The van der Waals surface area contributed by atoms with E-state index in [9.17, 15) is 9.59 Å². The number of anilines is 1. The zero-order valence-corrected chi connectivity index (χ0v) is 12.3. The molecule has 1 aromatic rings. The molecule has 0 aromatic heterocycles. The fourth-order valence-electron chi connectivity index (χ4n) is 1.74. The van der Waals surface area contributed by atoms with Gasteiger partial charge in [-0.15, -0.1) is 0 Å². The maximum Gasteiger partial charge on any atom is 0.254 e. The smallest absolute Gasteiger partial charge is 0.254 e. The molecule has 0 aliphatic heterocycles. The number of hydrogen-bond acceptors (Lipinski definition) is 4. The number of ether oxygens (including phenoxy) is 1. The van der Waals surface area contributed by atoms with Gasteiger partial charge in [-0.2, -0.15) is 0 Å². The van der Waals surface area contributed by atoms with E-state index in [0.29, 0.717) is 17.9 Å². The van der Waals surface area contributed by atoms with Crippen LogP contribution >= 0.6 is 0 Å². The normalized spacial score (nSPS) is 11.6. The SMILES string of the molecule is CCN(C)C(=O)C(C)NC(=O)c1cccc(OC)c1N. The molecule has 0 bridgehead atoms. The van der Waals surface area contributed by atoms with Crippen molar-refractivity contribution in [3.05, 3.63) is 23.8 Å². The lowest BCUT2D eigenvalue weighted by Gasteiger charge is -2.21. The summed E-state index contributed by atoms with van der Waals surface area (Å²) >= 11 is 0. The number of carbonyl (C=O) groups excluding carboxylic acids is 2. The number of likely N-dealkylation sites (N-methyl/N-ethyl adjacent to an activating group) is 1. The number of methoxy groups -OCH3 is 1. The van der Waals surface area contributed by atoms with Crippen molar-refractivity contribution in [1.29, 1.82) is 0 Å². The summed E-state index contributed by atoms with van der Waals surface area (Å²) in [5.74, 6) is -0.114. The summed E-state index contributed by atoms with van der Waals surface area (Å²) in [5.41, 5.74) is 6.41. The lowest BCUT2D eigenvalue weighted by molar-refractivity contribution is -0.131. The van der Waals surface area contributed by atoms with Gasteiger partial charge in [-0.1, -0.05) is 6.07 Å². The van der Waals surface area contributed by atoms with E-state index in [1.54, 1.807) is 37.1 Å². The molecule has 0 spiro atoms. The molecule has 6 nitrogen and oxygen atoms in total. The molecule has 0 aliphatic carbocycles. The molecule has 3 N–H and O–H groups in total. The quantitative estimate of drug-likeness (QED) is 0.783. The molecule has 1 unspecified atom stereocenters. The molecule has 20 heavy (non-hydrogen) atoms. The molecule has 110 valence electrons. The Labute approximate surface area is 118 Å².